The van der Waals surface area contributed by atoms with Crippen molar-refractivity contribution < 1.29 is 9.53 Å². The highest BCUT2D eigenvalue weighted by molar-refractivity contribution is 7.16. The van der Waals surface area contributed by atoms with Crippen molar-refractivity contribution in [2.24, 2.45) is 0 Å². The molecule has 0 spiro atoms. The Balaban J connectivity index is 1.45. The number of thiazole rings is 1. The summed E-state index contributed by atoms with van der Waals surface area (Å²) in [5.41, 5.74) is 2.67. The van der Waals surface area contributed by atoms with Gasteiger partial charge in [0.25, 0.3) is 5.56 Å². The second-order valence-corrected chi connectivity index (χ2v) is 9.24. The number of hydrogen-bond acceptors (Lipinski definition) is 6. The van der Waals surface area contributed by atoms with Crippen molar-refractivity contribution in [1.29, 1.82) is 0 Å². The van der Waals surface area contributed by atoms with Crippen LogP contribution in [0.1, 0.15) is 37.8 Å². The van der Waals surface area contributed by atoms with Gasteiger partial charge in [0.05, 0.1) is 10.6 Å². The second-order valence-electron chi connectivity index (χ2n) is 7.27. The van der Waals surface area contributed by atoms with Gasteiger partial charge in [-0.2, -0.15) is 0 Å². The monoisotopic (exact) mass is 450 g/mol. The summed E-state index contributed by atoms with van der Waals surface area (Å²) in [5, 5.41) is 2.59. The van der Waals surface area contributed by atoms with E-state index in [1.807, 2.05) is 37.3 Å². The Morgan fingerprint density at radius 1 is 1.13 bits per heavy atom. The van der Waals surface area contributed by atoms with E-state index < -0.39 is 0 Å². The normalized spacial score (nSPS) is 10.9. The Morgan fingerprint density at radius 2 is 1.94 bits per heavy atom. The van der Waals surface area contributed by atoms with Gasteiger partial charge in [0.1, 0.15) is 12.4 Å². The topological polar surface area (TPSA) is 61.2 Å². The Hall–Kier alpha value is -3.03. The molecule has 0 amide bonds. The standard InChI is InChI=1S/C24H22N2O3S2/c1-16-12-20(30-15-16)8-9-21(27)23-17(2)25-24(31-23)26-11-10-19(13-22(26)28)29-14-18-6-4-3-5-7-18/h3-7,10-13,15H,8-9,14H2,1-2H3. The molecule has 5 nitrogen and oxygen atoms in total. The second kappa shape index (κ2) is 9.41. The summed E-state index contributed by atoms with van der Waals surface area (Å²) in [4.78, 5) is 31.6. The molecule has 0 aliphatic carbocycles. The lowest BCUT2D eigenvalue weighted by Gasteiger charge is -2.07. The van der Waals surface area contributed by atoms with Gasteiger partial charge in [-0.1, -0.05) is 41.7 Å². The van der Waals surface area contributed by atoms with Gasteiger partial charge in [-0.3, -0.25) is 14.2 Å². The maximum atomic E-state index is 12.7. The number of pyridine rings is 1. The fourth-order valence-electron chi connectivity index (χ4n) is 3.17. The van der Waals surface area contributed by atoms with Gasteiger partial charge in [-0.15, -0.1) is 11.3 Å². The predicted molar refractivity (Wildman–Crippen MR) is 125 cm³/mol. The number of carbonyl (C=O) groups excluding carboxylic acids is 1. The van der Waals surface area contributed by atoms with Crippen LogP contribution in [0, 0.1) is 13.8 Å². The van der Waals surface area contributed by atoms with Crippen LogP contribution in [-0.4, -0.2) is 15.3 Å². The molecule has 4 aromatic rings. The number of nitrogens with zero attached hydrogens (tertiary/aromatic N) is 2. The zero-order valence-corrected chi connectivity index (χ0v) is 19.0. The molecular weight excluding hydrogens is 428 g/mol. The van der Waals surface area contributed by atoms with Gasteiger partial charge >= 0.3 is 0 Å². The molecule has 0 saturated carbocycles. The molecule has 1 aromatic carbocycles. The minimum absolute atomic E-state index is 0.0585. The van der Waals surface area contributed by atoms with Crippen LogP contribution in [0.15, 0.2) is 64.9 Å². The molecule has 0 bridgehead atoms. The first-order valence-electron chi connectivity index (χ1n) is 9.94. The first-order chi connectivity index (χ1) is 15.0. The summed E-state index contributed by atoms with van der Waals surface area (Å²) >= 11 is 2.93. The van der Waals surface area contributed by atoms with Crippen LogP contribution in [0.2, 0.25) is 0 Å². The molecule has 3 aromatic heterocycles. The number of benzene rings is 1. The molecule has 0 atom stereocenters. The Labute approximate surface area is 188 Å². The zero-order valence-electron chi connectivity index (χ0n) is 17.3. The quantitative estimate of drug-likeness (QED) is 0.339. The molecule has 7 heteroatoms. The third kappa shape index (κ3) is 5.18. The number of rotatable bonds is 8. The minimum Gasteiger partial charge on any atom is -0.489 e. The lowest BCUT2D eigenvalue weighted by Crippen LogP contribution is -2.16. The van der Waals surface area contributed by atoms with Crippen LogP contribution in [0.3, 0.4) is 0 Å². The van der Waals surface area contributed by atoms with Gasteiger partial charge in [-0.05, 0) is 48.9 Å². The summed E-state index contributed by atoms with van der Waals surface area (Å²) in [6, 6.07) is 15.1. The highest BCUT2D eigenvalue weighted by Crippen LogP contribution is 2.24. The van der Waals surface area contributed by atoms with E-state index in [0.29, 0.717) is 34.5 Å². The van der Waals surface area contributed by atoms with Gasteiger partial charge in [0.15, 0.2) is 10.9 Å². The van der Waals surface area contributed by atoms with E-state index in [-0.39, 0.29) is 11.3 Å². The van der Waals surface area contributed by atoms with Crippen molar-refractivity contribution in [3.05, 3.63) is 97.0 Å². The number of aromatic nitrogens is 2. The number of hydrogen-bond donors (Lipinski definition) is 0. The van der Waals surface area contributed by atoms with E-state index in [9.17, 15) is 9.59 Å². The number of ketones is 1. The van der Waals surface area contributed by atoms with E-state index >= 15 is 0 Å². The van der Waals surface area contributed by atoms with Gasteiger partial charge in [0.2, 0.25) is 0 Å². The van der Waals surface area contributed by atoms with Crippen molar-refractivity contribution in [1.82, 2.24) is 9.55 Å². The maximum absolute atomic E-state index is 12.7. The fraction of sp³-hybridized carbons (Fsp3) is 0.208. The first-order valence-corrected chi connectivity index (χ1v) is 11.6. The number of Topliss-reactive ketones (excluding diaryl/α,β-unsaturated/α-hetero) is 1. The molecule has 158 valence electrons. The molecule has 31 heavy (non-hydrogen) atoms. The molecular formula is C24H22N2O3S2. The van der Waals surface area contributed by atoms with Crippen molar-refractivity contribution in [3.63, 3.8) is 0 Å². The van der Waals surface area contributed by atoms with E-state index in [4.69, 9.17) is 4.74 Å². The van der Waals surface area contributed by atoms with Gasteiger partial charge in [0, 0.05) is 23.6 Å². The average molecular weight is 451 g/mol. The summed E-state index contributed by atoms with van der Waals surface area (Å²) in [6.45, 7) is 4.26. The number of carbonyl (C=O) groups is 1. The Morgan fingerprint density at radius 3 is 2.65 bits per heavy atom. The Kier molecular flexibility index (Phi) is 6.44. The molecule has 0 N–H and O–H groups in total. The SMILES string of the molecule is Cc1csc(CCC(=O)c2sc(-n3ccc(OCc4ccccc4)cc3=O)nc2C)c1. The van der Waals surface area contributed by atoms with Crippen molar-refractivity contribution >= 4 is 28.5 Å². The summed E-state index contributed by atoms with van der Waals surface area (Å²) < 4.78 is 7.17. The first kappa shape index (κ1) is 21.2. The van der Waals surface area contributed by atoms with Crippen LogP contribution in [-0.2, 0) is 13.0 Å². The van der Waals surface area contributed by atoms with E-state index in [1.54, 1.807) is 23.6 Å². The van der Waals surface area contributed by atoms with Crippen LogP contribution >= 0.6 is 22.7 Å². The van der Waals surface area contributed by atoms with Crippen LogP contribution < -0.4 is 10.3 Å². The summed E-state index contributed by atoms with van der Waals surface area (Å²) in [6.07, 6.45) is 2.80. The summed E-state index contributed by atoms with van der Waals surface area (Å²) in [5.74, 6) is 0.559. The van der Waals surface area contributed by atoms with Crippen LogP contribution in [0.25, 0.3) is 5.13 Å². The number of aryl methyl sites for hydroxylation is 3. The van der Waals surface area contributed by atoms with E-state index in [0.717, 1.165) is 12.0 Å². The molecule has 0 unspecified atom stereocenters. The largest absolute Gasteiger partial charge is 0.489 e. The van der Waals surface area contributed by atoms with Gasteiger partial charge < -0.3 is 4.74 Å². The van der Waals surface area contributed by atoms with Gasteiger partial charge in [-0.25, -0.2) is 4.98 Å². The van der Waals surface area contributed by atoms with Crippen molar-refractivity contribution in [2.75, 3.05) is 0 Å². The maximum Gasteiger partial charge on any atom is 0.260 e. The van der Waals surface area contributed by atoms with Crippen LogP contribution in [0.5, 0.6) is 5.75 Å². The minimum atomic E-state index is -0.243. The lowest BCUT2D eigenvalue weighted by atomic mass is 10.1. The molecule has 0 aliphatic rings. The van der Waals surface area contributed by atoms with E-state index in [1.165, 1.54) is 32.4 Å². The molecule has 0 radical (unpaired) electrons. The predicted octanol–water partition coefficient (Wildman–Crippen LogP) is 5.37. The molecule has 0 aliphatic heterocycles. The third-order valence-electron chi connectivity index (χ3n) is 4.77. The number of ether oxygens (including phenoxy) is 1. The fourth-order valence-corrected chi connectivity index (χ4v) is 5.07. The Bertz CT molecular complexity index is 1260. The molecule has 0 saturated heterocycles. The van der Waals surface area contributed by atoms with E-state index in [2.05, 4.69) is 23.4 Å². The lowest BCUT2D eigenvalue weighted by molar-refractivity contribution is 0.0986. The van der Waals surface area contributed by atoms with Crippen LogP contribution in [0.4, 0.5) is 0 Å². The highest BCUT2D eigenvalue weighted by atomic mass is 32.1. The third-order valence-corrected chi connectivity index (χ3v) is 7.08. The molecule has 0 fully saturated rings. The highest BCUT2D eigenvalue weighted by Gasteiger charge is 2.17. The number of thiophene rings is 1. The van der Waals surface area contributed by atoms with Crippen molar-refractivity contribution in [3.8, 4) is 10.9 Å². The molecule has 4 rings (SSSR count). The molecule has 3 heterocycles. The smallest absolute Gasteiger partial charge is 0.260 e. The summed E-state index contributed by atoms with van der Waals surface area (Å²) in [7, 11) is 0. The van der Waals surface area contributed by atoms with Crippen molar-refractivity contribution in [2.45, 2.75) is 33.3 Å². The average Bonchev–Trinajstić information content (AvgIpc) is 3.36. The zero-order chi connectivity index (χ0) is 21.8.